The Hall–Kier alpha value is -1.83. The molecule has 0 bridgehead atoms. The third-order valence-corrected chi connectivity index (χ3v) is 2.10. The molecule has 0 aliphatic rings. The van der Waals surface area contributed by atoms with Crippen molar-refractivity contribution in [2.45, 2.75) is 6.92 Å². The van der Waals surface area contributed by atoms with E-state index in [0.29, 0.717) is 11.3 Å². The molecule has 2 nitrogen and oxygen atoms in total. The lowest BCUT2D eigenvalue weighted by atomic mass is 10.1. The molecule has 70 valence electrons. The van der Waals surface area contributed by atoms with Crippen molar-refractivity contribution >= 4 is 5.78 Å². The van der Waals surface area contributed by atoms with E-state index in [-0.39, 0.29) is 5.78 Å². The Bertz CT molecular complexity index is 440. The third-order valence-electron chi connectivity index (χ3n) is 2.10. The van der Waals surface area contributed by atoms with E-state index in [0.717, 1.165) is 5.56 Å². The summed E-state index contributed by atoms with van der Waals surface area (Å²) >= 11 is 0. The molecule has 2 heteroatoms. The van der Waals surface area contributed by atoms with Crippen LogP contribution < -0.4 is 0 Å². The van der Waals surface area contributed by atoms with Crippen molar-refractivity contribution in [3.63, 3.8) is 0 Å². The van der Waals surface area contributed by atoms with Crippen LogP contribution in [0.2, 0.25) is 0 Å². The minimum atomic E-state index is -0.0619. The molecule has 0 amide bonds. The average Bonchev–Trinajstić information content (AvgIpc) is 2.65. The molecule has 0 aliphatic heterocycles. The fourth-order valence-corrected chi connectivity index (χ4v) is 1.33. The van der Waals surface area contributed by atoms with Gasteiger partial charge in [-0.15, -0.1) is 0 Å². The van der Waals surface area contributed by atoms with Crippen molar-refractivity contribution in [1.29, 1.82) is 0 Å². The van der Waals surface area contributed by atoms with Crippen LogP contribution in [0.25, 0.3) is 0 Å². The molecule has 2 aromatic rings. The van der Waals surface area contributed by atoms with Crippen LogP contribution in [0.3, 0.4) is 0 Å². The Morgan fingerprint density at radius 3 is 2.43 bits per heavy atom. The molecular formula is C12H10O2. The van der Waals surface area contributed by atoms with Crippen molar-refractivity contribution in [2.75, 3.05) is 0 Å². The van der Waals surface area contributed by atoms with Crippen LogP contribution in [0.15, 0.2) is 47.1 Å². The van der Waals surface area contributed by atoms with Crippen molar-refractivity contribution in [1.82, 2.24) is 0 Å². The molecule has 0 radical (unpaired) electrons. The van der Waals surface area contributed by atoms with E-state index in [4.69, 9.17) is 4.42 Å². The summed E-state index contributed by atoms with van der Waals surface area (Å²) in [5.74, 6) is 0.365. The number of hydrogen-bond donors (Lipinski definition) is 0. The maximum atomic E-state index is 11.8. The van der Waals surface area contributed by atoms with Crippen LogP contribution in [-0.2, 0) is 0 Å². The van der Waals surface area contributed by atoms with Crippen molar-refractivity contribution < 1.29 is 9.21 Å². The van der Waals surface area contributed by atoms with Crippen LogP contribution in [-0.4, -0.2) is 5.78 Å². The fraction of sp³-hybridized carbons (Fsp3) is 0.0833. The monoisotopic (exact) mass is 186 g/mol. The third kappa shape index (κ3) is 1.46. The van der Waals surface area contributed by atoms with E-state index >= 15 is 0 Å². The normalized spacial score (nSPS) is 10.1. The van der Waals surface area contributed by atoms with E-state index in [1.807, 2.05) is 25.1 Å². The highest BCUT2D eigenvalue weighted by Gasteiger charge is 2.13. The summed E-state index contributed by atoms with van der Waals surface area (Å²) in [6.07, 6.45) is 1.53. The summed E-state index contributed by atoms with van der Waals surface area (Å²) in [4.78, 5) is 11.8. The molecule has 1 aromatic carbocycles. The first-order chi connectivity index (χ1) is 6.79. The van der Waals surface area contributed by atoms with Gasteiger partial charge in [-0.2, -0.15) is 0 Å². The second kappa shape index (κ2) is 3.50. The Labute approximate surface area is 82.2 Å². The zero-order valence-electron chi connectivity index (χ0n) is 7.86. The topological polar surface area (TPSA) is 30.2 Å². The first kappa shape index (κ1) is 8.75. The number of carbonyl (C=O) groups is 1. The SMILES string of the molecule is Cc1ccoc1C(=O)c1ccccc1. The number of aryl methyl sites for hydroxylation is 1. The number of rotatable bonds is 2. The van der Waals surface area contributed by atoms with E-state index in [1.165, 1.54) is 6.26 Å². The van der Waals surface area contributed by atoms with Gasteiger partial charge in [0.1, 0.15) is 0 Å². The lowest BCUT2D eigenvalue weighted by Gasteiger charge is -1.97. The number of carbonyl (C=O) groups excluding carboxylic acids is 1. The largest absolute Gasteiger partial charge is 0.461 e. The van der Waals surface area contributed by atoms with Gasteiger partial charge in [-0.1, -0.05) is 30.3 Å². The smallest absolute Gasteiger partial charge is 0.228 e. The van der Waals surface area contributed by atoms with Crippen LogP contribution in [0.4, 0.5) is 0 Å². The van der Waals surface area contributed by atoms with Gasteiger partial charge in [0.05, 0.1) is 6.26 Å². The van der Waals surface area contributed by atoms with Crippen LogP contribution >= 0.6 is 0 Å². The molecule has 0 N–H and O–H groups in total. The molecule has 1 heterocycles. The molecule has 0 spiro atoms. The summed E-state index contributed by atoms with van der Waals surface area (Å²) in [5, 5.41) is 0. The molecule has 1 aromatic heterocycles. The predicted octanol–water partition coefficient (Wildman–Crippen LogP) is 2.82. The van der Waals surface area contributed by atoms with Gasteiger partial charge >= 0.3 is 0 Å². The average molecular weight is 186 g/mol. The number of hydrogen-bond acceptors (Lipinski definition) is 2. The van der Waals surface area contributed by atoms with E-state index in [9.17, 15) is 4.79 Å². The lowest BCUT2D eigenvalue weighted by molar-refractivity contribution is 0.101. The Morgan fingerprint density at radius 2 is 1.86 bits per heavy atom. The van der Waals surface area contributed by atoms with Crippen molar-refractivity contribution in [3.8, 4) is 0 Å². The van der Waals surface area contributed by atoms with E-state index in [2.05, 4.69) is 0 Å². The summed E-state index contributed by atoms with van der Waals surface area (Å²) in [6.45, 7) is 1.86. The number of ketones is 1. The fourth-order valence-electron chi connectivity index (χ4n) is 1.33. The summed E-state index contributed by atoms with van der Waals surface area (Å²) in [7, 11) is 0. The van der Waals surface area contributed by atoms with Gasteiger partial charge in [0.25, 0.3) is 0 Å². The maximum absolute atomic E-state index is 11.8. The second-order valence-electron chi connectivity index (χ2n) is 3.13. The number of benzene rings is 1. The predicted molar refractivity (Wildman–Crippen MR) is 53.3 cm³/mol. The molecule has 14 heavy (non-hydrogen) atoms. The first-order valence-corrected chi connectivity index (χ1v) is 4.43. The van der Waals surface area contributed by atoms with Crippen molar-refractivity contribution in [2.24, 2.45) is 0 Å². The first-order valence-electron chi connectivity index (χ1n) is 4.43. The highest BCUT2D eigenvalue weighted by molar-refractivity contribution is 6.07. The van der Waals surface area contributed by atoms with Gasteiger partial charge in [0.2, 0.25) is 5.78 Å². The Kier molecular flexibility index (Phi) is 2.19. The van der Waals surface area contributed by atoms with E-state index in [1.54, 1.807) is 18.2 Å². The summed E-state index contributed by atoms with van der Waals surface area (Å²) in [6, 6.07) is 10.9. The van der Waals surface area contributed by atoms with Crippen molar-refractivity contribution in [3.05, 3.63) is 59.5 Å². The van der Waals surface area contributed by atoms with E-state index < -0.39 is 0 Å². The Morgan fingerprint density at radius 1 is 1.14 bits per heavy atom. The highest BCUT2D eigenvalue weighted by Crippen LogP contribution is 2.14. The molecule has 2 rings (SSSR count). The zero-order valence-corrected chi connectivity index (χ0v) is 7.86. The van der Waals surface area contributed by atoms with Gasteiger partial charge in [0.15, 0.2) is 5.76 Å². The van der Waals surface area contributed by atoms with Gasteiger partial charge in [-0.05, 0) is 18.6 Å². The van der Waals surface area contributed by atoms with Gasteiger partial charge < -0.3 is 4.42 Å². The molecular weight excluding hydrogens is 176 g/mol. The Balaban J connectivity index is 2.39. The molecule has 0 unspecified atom stereocenters. The number of furan rings is 1. The van der Waals surface area contributed by atoms with Crippen LogP contribution in [0, 0.1) is 6.92 Å². The summed E-state index contributed by atoms with van der Waals surface area (Å²) < 4.78 is 5.13. The lowest BCUT2D eigenvalue weighted by Crippen LogP contribution is -2.00. The van der Waals surface area contributed by atoms with Gasteiger partial charge in [0, 0.05) is 5.56 Å². The quantitative estimate of drug-likeness (QED) is 0.675. The molecule has 0 aliphatic carbocycles. The van der Waals surface area contributed by atoms with Crippen LogP contribution in [0.1, 0.15) is 21.7 Å². The standard InChI is InChI=1S/C12H10O2/c1-9-7-8-14-12(9)11(13)10-5-3-2-4-6-10/h2-8H,1H3. The minimum absolute atomic E-state index is 0.0619. The van der Waals surface area contributed by atoms with Gasteiger partial charge in [-0.3, -0.25) is 4.79 Å². The maximum Gasteiger partial charge on any atom is 0.228 e. The minimum Gasteiger partial charge on any atom is -0.461 e. The zero-order chi connectivity index (χ0) is 9.97. The van der Waals surface area contributed by atoms with Crippen LogP contribution in [0.5, 0.6) is 0 Å². The molecule has 0 fully saturated rings. The molecule has 0 saturated carbocycles. The summed E-state index contributed by atoms with van der Waals surface area (Å²) in [5.41, 5.74) is 1.53. The molecule has 0 atom stereocenters. The molecule has 0 saturated heterocycles. The van der Waals surface area contributed by atoms with Gasteiger partial charge in [-0.25, -0.2) is 0 Å². The second-order valence-corrected chi connectivity index (χ2v) is 3.13. The highest BCUT2D eigenvalue weighted by atomic mass is 16.3.